The van der Waals surface area contributed by atoms with Crippen molar-refractivity contribution in [2.75, 3.05) is 6.61 Å². The van der Waals surface area contributed by atoms with E-state index in [1.807, 2.05) is 0 Å². The van der Waals surface area contributed by atoms with Gasteiger partial charge in [0.25, 0.3) is 0 Å². The first-order valence-electron chi connectivity index (χ1n) is 10.5. The third-order valence-corrected chi connectivity index (χ3v) is 8.69. The summed E-state index contributed by atoms with van der Waals surface area (Å²) in [7, 11) is -0.429. The molecule has 3 rings (SSSR count). The zero-order chi connectivity index (χ0) is 18.2. The Kier molecular flexibility index (Phi) is 7.53. The lowest BCUT2D eigenvalue weighted by Gasteiger charge is -2.44. The van der Waals surface area contributed by atoms with Gasteiger partial charge in [-0.15, -0.1) is 6.58 Å². The number of ether oxygens (including phenoxy) is 2. The van der Waals surface area contributed by atoms with E-state index in [1.165, 1.54) is 51.0 Å². The summed E-state index contributed by atoms with van der Waals surface area (Å²) in [5.74, 6) is 0.602. The lowest BCUT2D eigenvalue weighted by atomic mass is 9.73. The van der Waals surface area contributed by atoms with E-state index in [2.05, 4.69) is 49.5 Å². The molecule has 1 heterocycles. The molecule has 0 bridgehead atoms. The summed E-state index contributed by atoms with van der Waals surface area (Å²) in [6.07, 6.45) is 13.1. The van der Waals surface area contributed by atoms with Gasteiger partial charge in [-0.3, -0.25) is 0 Å². The maximum Gasteiger partial charge on any atom is 0.158 e. The third-order valence-electron chi connectivity index (χ3n) is 6.27. The summed E-state index contributed by atoms with van der Waals surface area (Å²) in [5, 5.41) is 1.56. The smallest absolute Gasteiger partial charge is 0.158 e. The SMILES string of the molecule is C=C[C@@]1(OC2CCCCO2)CCCC[C@@H]1CCC[Si](C)c1ccccc1. The van der Waals surface area contributed by atoms with E-state index < -0.39 is 8.80 Å². The van der Waals surface area contributed by atoms with Crippen LogP contribution in [0.3, 0.4) is 0 Å². The van der Waals surface area contributed by atoms with E-state index in [9.17, 15) is 0 Å². The quantitative estimate of drug-likeness (QED) is 0.446. The van der Waals surface area contributed by atoms with Crippen LogP contribution in [0.1, 0.15) is 57.8 Å². The molecule has 1 unspecified atom stereocenters. The van der Waals surface area contributed by atoms with E-state index in [0.29, 0.717) is 5.92 Å². The Balaban J connectivity index is 1.56. The van der Waals surface area contributed by atoms with Crippen LogP contribution in [0.25, 0.3) is 0 Å². The molecule has 2 nitrogen and oxygen atoms in total. The molecule has 1 radical (unpaired) electrons. The number of hydrogen-bond donors (Lipinski definition) is 0. The minimum Gasteiger partial charge on any atom is -0.353 e. The van der Waals surface area contributed by atoms with Gasteiger partial charge in [0.05, 0.1) is 14.4 Å². The van der Waals surface area contributed by atoms with Gasteiger partial charge >= 0.3 is 0 Å². The number of rotatable bonds is 8. The molecule has 0 spiro atoms. The second-order valence-electron chi connectivity index (χ2n) is 8.05. The first-order chi connectivity index (χ1) is 12.7. The van der Waals surface area contributed by atoms with E-state index in [0.717, 1.165) is 19.4 Å². The molecule has 3 heteroatoms. The van der Waals surface area contributed by atoms with Crippen LogP contribution in [-0.4, -0.2) is 27.3 Å². The molecule has 0 aromatic heterocycles. The van der Waals surface area contributed by atoms with E-state index >= 15 is 0 Å². The Hall–Kier alpha value is -0.903. The highest BCUT2D eigenvalue weighted by molar-refractivity contribution is 6.71. The normalized spacial score (nSPS) is 29.6. The summed E-state index contributed by atoms with van der Waals surface area (Å²) in [4.78, 5) is 0. The number of hydrogen-bond acceptors (Lipinski definition) is 2. The van der Waals surface area contributed by atoms with Gasteiger partial charge in [-0.2, -0.15) is 0 Å². The molecule has 2 aliphatic rings. The molecular weight excluding hydrogens is 336 g/mol. The highest BCUT2D eigenvalue weighted by Gasteiger charge is 2.41. The zero-order valence-electron chi connectivity index (χ0n) is 16.4. The Morgan fingerprint density at radius 2 is 2.00 bits per heavy atom. The molecule has 143 valence electrons. The maximum atomic E-state index is 6.59. The second-order valence-corrected chi connectivity index (χ2v) is 10.7. The molecule has 1 aromatic carbocycles. The Labute approximate surface area is 161 Å². The molecule has 0 N–H and O–H groups in total. The standard InChI is InChI=1S/C23H35O2Si/c1-3-23(25-22-16-8-10-18-24-22)17-9-7-12-20(23)13-11-19-26(2)21-14-5-4-6-15-21/h3-6,14-15,20,22H,1,7-13,16-19H2,2H3/t20-,22?,23-/m1/s1. The Morgan fingerprint density at radius 3 is 2.73 bits per heavy atom. The second kappa shape index (κ2) is 9.87. The van der Waals surface area contributed by atoms with Gasteiger partial charge in [-0.1, -0.05) is 73.4 Å². The van der Waals surface area contributed by atoms with Gasteiger partial charge in [-0.25, -0.2) is 0 Å². The largest absolute Gasteiger partial charge is 0.353 e. The molecule has 1 aliphatic carbocycles. The number of benzene rings is 1. The molecule has 1 aromatic rings. The van der Waals surface area contributed by atoms with Crippen LogP contribution < -0.4 is 5.19 Å². The molecule has 1 saturated carbocycles. The van der Waals surface area contributed by atoms with Gasteiger partial charge in [0.1, 0.15) is 0 Å². The van der Waals surface area contributed by atoms with Crippen LogP contribution in [0.15, 0.2) is 43.0 Å². The van der Waals surface area contributed by atoms with Crippen LogP contribution in [0.2, 0.25) is 12.6 Å². The Morgan fingerprint density at radius 1 is 1.19 bits per heavy atom. The zero-order valence-corrected chi connectivity index (χ0v) is 17.4. The predicted octanol–water partition coefficient (Wildman–Crippen LogP) is 5.46. The van der Waals surface area contributed by atoms with Crippen LogP contribution in [0.5, 0.6) is 0 Å². The summed E-state index contributed by atoms with van der Waals surface area (Å²) < 4.78 is 12.5. The first kappa shape index (κ1) is 19.8. The van der Waals surface area contributed by atoms with Crippen molar-refractivity contribution in [2.45, 2.75) is 82.3 Å². The van der Waals surface area contributed by atoms with Crippen LogP contribution >= 0.6 is 0 Å². The minimum absolute atomic E-state index is 0.0162. The third kappa shape index (κ3) is 5.08. The average Bonchev–Trinajstić information content (AvgIpc) is 2.70. The molecule has 0 amide bonds. The summed E-state index contributed by atoms with van der Waals surface area (Å²) in [5.41, 5.74) is -0.159. The fraction of sp³-hybridized carbons (Fsp3) is 0.652. The van der Waals surface area contributed by atoms with Crippen molar-refractivity contribution in [2.24, 2.45) is 5.92 Å². The van der Waals surface area contributed by atoms with E-state index in [4.69, 9.17) is 9.47 Å². The molecule has 2 fully saturated rings. The fourth-order valence-corrected chi connectivity index (χ4v) is 6.42. The Bertz CT molecular complexity index is 540. The summed E-state index contributed by atoms with van der Waals surface area (Å²) in [6, 6.07) is 12.4. The molecule has 26 heavy (non-hydrogen) atoms. The van der Waals surface area contributed by atoms with Crippen LogP contribution in [0.4, 0.5) is 0 Å². The maximum absolute atomic E-state index is 6.59. The van der Waals surface area contributed by atoms with Gasteiger partial charge < -0.3 is 9.47 Å². The van der Waals surface area contributed by atoms with E-state index in [1.54, 1.807) is 5.19 Å². The summed E-state index contributed by atoms with van der Waals surface area (Å²) in [6.45, 7) is 7.49. The molecule has 3 atom stereocenters. The minimum atomic E-state index is -0.429. The van der Waals surface area contributed by atoms with Gasteiger partial charge in [0.2, 0.25) is 0 Å². The summed E-state index contributed by atoms with van der Waals surface area (Å²) >= 11 is 0. The van der Waals surface area contributed by atoms with Crippen molar-refractivity contribution in [1.29, 1.82) is 0 Å². The van der Waals surface area contributed by atoms with Crippen molar-refractivity contribution >= 4 is 14.0 Å². The average molecular weight is 372 g/mol. The van der Waals surface area contributed by atoms with E-state index in [-0.39, 0.29) is 11.9 Å². The highest BCUT2D eigenvalue weighted by atomic mass is 28.3. The topological polar surface area (TPSA) is 18.5 Å². The first-order valence-corrected chi connectivity index (χ1v) is 12.7. The van der Waals surface area contributed by atoms with Crippen molar-refractivity contribution in [3.63, 3.8) is 0 Å². The van der Waals surface area contributed by atoms with Gasteiger partial charge in [0.15, 0.2) is 6.29 Å². The highest BCUT2D eigenvalue weighted by Crippen LogP contribution is 2.42. The van der Waals surface area contributed by atoms with Gasteiger partial charge in [-0.05, 0) is 44.4 Å². The van der Waals surface area contributed by atoms with Crippen molar-refractivity contribution in [3.05, 3.63) is 43.0 Å². The molecule has 1 saturated heterocycles. The predicted molar refractivity (Wildman–Crippen MR) is 111 cm³/mol. The lowest BCUT2D eigenvalue weighted by Crippen LogP contribution is -2.45. The van der Waals surface area contributed by atoms with Crippen molar-refractivity contribution in [3.8, 4) is 0 Å². The van der Waals surface area contributed by atoms with Crippen LogP contribution in [-0.2, 0) is 9.47 Å². The van der Waals surface area contributed by atoms with Crippen molar-refractivity contribution < 1.29 is 9.47 Å². The monoisotopic (exact) mass is 371 g/mol. The van der Waals surface area contributed by atoms with Gasteiger partial charge in [0, 0.05) is 6.61 Å². The lowest BCUT2D eigenvalue weighted by molar-refractivity contribution is -0.232. The molecular formula is C23H35O2Si. The molecule has 1 aliphatic heterocycles. The van der Waals surface area contributed by atoms with Crippen molar-refractivity contribution in [1.82, 2.24) is 0 Å². The van der Waals surface area contributed by atoms with Crippen LogP contribution in [0, 0.1) is 5.92 Å². The fourth-order valence-electron chi connectivity index (χ4n) is 4.63.